The molecule has 0 spiro atoms. The summed E-state index contributed by atoms with van der Waals surface area (Å²) in [6.07, 6.45) is 0.620. The third-order valence-electron chi connectivity index (χ3n) is 5.54. The maximum atomic E-state index is 14.7. The molecule has 142 valence electrons. The number of phenolic OH excluding ortho intramolecular Hbond substituents is 1. The number of hydrogen-bond acceptors (Lipinski definition) is 2. The number of halogens is 2. The van der Waals surface area contributed by atoms with Gasteiger partial charge in [-0.15, -0.1) is 0 Å². The minimum Gasteiger partial charge on any atom is -0.507 e. The molecule has 0 amide bonds. The Morgan fingerprint density at radius 3 is 1.92 bits per heavy atom. The van der Waals surface area contributed by atoms with Crippen molar-refractivity contribution in [3.05, 3.63) is 23.3 Å². The van der Waals surface area contributed by atoms with E-state index in [1.807, 2.05) is 27.7 Å². The van der Waals surface area contributed by atoms with Crippen LogP contribution in [-0.4, -0.2) is 11.2 Å². The van der Waals surface area contributed by atoms with E-state index in [-0.39, 0.29) is 23.3 Å². The van der Waals surface area contributed by atoms with Crippen molar-refractivity contribution in [1.29, 1.82) is 0 Å². The molecule has 0 heterocycles. The highest BCUT2D eigenvalue weighted by molar-refractivity contribution is 5.49. The Labute approximate surface area is 150 Å². The maximum Gasteiger partial charge on any atom is 0.400 e. The molecule has 4 heteroatoms. The monoisotopic (exact) mass is 354 g/mol. The summed E-state index contributed by atoms with van der Waals surface area (Å²) in [7, 11) is 0. The molecule has 0 aromatic heterocycles. The van der Waals surface area contributed by atoms with Crippen LogP contribution < -0.4 is 4.74 Å². The standard InChI is InChI=1S/C21H32F2O2/c1-6-15-7-9-16(10-8-15)21(22,23)25-17-11-18(13(2)3)20(24)19(12-17)14(4)5/h11-16,24H,6-10H2,1-5H3. The molecular formula is C21H32F2O2. The van der Waals surface area contributed by atoms with E-state index in [4.69, 9.17) is 4.74 Å². The molecule has 1 saturated carbocycles. The van der Waals surface area contributed by atoms with Crippen LogP contribution in [-0.2, 0) is 0 Å². The summed E-state index contributed by atoms with van der Waals surface area (Å²) in [6, 6.07) is 3.13. The van der Waals surface area contributed by atoms with E-state index >= 15 is 0 Å². The normalized spacial score (nSPS) is 21.8. The zero-order chi connectivity index (χ0) is 18.8. The van der Waals surface area contributed by atoms with Gasteiger partial charge in [0.25, 0.3) is 0 Å². The average molecular weight is 354 g/mol. The molecule has 0 bridgehead atoms. The zero-order valence-electron chi connectivity index (χ0n) is 16.1. The van der Waals surface area contributed by atoms with Crippen molar-refractivity contribution >= 4 is 0 Å². The molecule has 1 aliphatic carbocycles. The summed E-state index contributed by atoms with van der Waals surface area (Å²) in [4.78, 5) is 0. The lowest BCUT2D eigenvalue weighted by Crippen LogP contribution is -2.37. The van der Waals surface area contributed by atoms with Crippen molar-refractivity contribution < 1.29 is 18.6 Å². The molecule has 1 fully saturated rings. The van der Waals surface area contributed by atoms with Gasteiger partial charge in [-0.05, 0) is 55.6 Å². The van der Waals surface area contributed by atoms with Crippen molar-refractivity contribution in [2.24, 2.45) is 11.8 Å². The molecule has 0 aliphatic heterocycles. The van der Waals surface area contributed by atoms with Gasteiger partial charge in [0.15, 0.2) is 0 Å². The number of phenols is 1. The lowest BCUT2D eigenvalue weighted by Gasteiger charge is -2.33. The Balaban J connectivity index is 2.23. The second-order valence-corrected chi connectivity index (χ2v) is 8.05. The second kappa shape index (κ2) is 7.92. The second-order valence-electron chi connectivity index (χ2n) is 8.05. The first kappa shape index (κ1) is 20.0. The summed E-state index contributed by atoms with van der Waals surface area (Å²) in [5.74, 6) is 0.274. The summed E-state index contributed by atoms with van der Waals surface area (Å²) < 4.78 is 34.6. The lowest BCUT2D eigenvalue weighted by atomic mass is 9.80. The number of alkyl halides is 2. The number of aromatic hydroxyl groups is 1. The van der Waals surface area contributed by atoms with Gasteiger partial charge in [0.2, 0.25) is 0 Å². The molecule has 1 aromatic rings. The highest BCUT2D eigenvalue weighted by Gasteiger charge is 2.44. The molecule has 0 saturated heterocycles. The van der Waals surface area contributed by atoms with E-state index < -0.39 is 12.0 Å². The zero-order valence-corrected chi connectivity index (χ0v) is 16.1. The molecule has 25 heavy (non-hydrogen) atoms. The van der Waals surface area contributed by atoms with Gasteiger partial charge >= 0.3 is 6.11 Å². The van der Waals surface area contributed by atoms with E-state index in [9.17, 15) is 13.9 Å². The summed E-state index contributed by atoms with van der Waals surface area (Å²) in [5, 5.41) is 10.4. The molecule has 0 atom stereocenters. The molecule has 0 unspecified atom stereocenters. The van der Waals surface area contributed by atoms with E-state index in [0.29, 0.717) is 29.9 Å². The van der Waals surface area contributed by atoms with Crippen molar-refractivity contribution in [2.75, 3.05) is 0 Å². The Kier molecular flexibility index (Phi) is 6.34. The first-order valence-electron chi connectivity index (χ1n) is 9.59. The quantitative estimate of drug-likeness (QED) is 0.607. The van der Waals surface area contributed by atoms with Crippen LogP contribution in [0.5, 0.6) is 11.5 Å². The third-order valence-corrected chi connectivity index (χ3v) is 5.54. The third kappa shape index (κ3) is 4.65. The van der Waals surface area contributed by atoms with Gasteiger partial charge in [0.1, 0.15) is 11.5 Å². The van der Waals surface area contributed by atoms with E-state index in [0.717, 1.165) is 19.3 Å². The van der Waals surface area contributed by atoms with E-state index in [1.165, 1.54) is 0 Å². The van der Waals surface area contributed by atoms with Gasteiger partial charge in [-0.1, -0.05) is 41.0 Å². The van der Waals surface area contributed by atoms with Gasteiger partial charge in [-0.25, -0.2) is 0 Å². The highest BCUT2D eigenvalue weighted by atomic mass is 19.3. The number of benzene rings is 1. The molecular weight excluding hydrogens is 322 g/mol. The minimum absolute atomic E-state index is 0.0367. The Morgan fingerprint density at radius 1 is 1.04 bits per heavy atom. The summed E-state index contributed by atoms with van der Waals surface area (Å²) in [5.41, 5.74) is 1.32. The summed E-state index contributed by atoms with van der Waals surface area (Å²) in [6.45, 7) is 9.87. The van der Waals surface area contributed by atoms with Gasteiger partial charge in [0.05, 0.1) is 5.92 Å². The van der Waals surface area contributed by atoms with Gasteiger partial charge in [0, 0.05) is 11.1 Å². The molecule has 2 nitrogen and oxygen atoms in total. The van der Waals surface area contributed by atoms with Crippen LogP contribution >= 0.6 is 0 Å². The fraction of sp³-hybridized carbons (Fsp3) is 0.714. The lowest BCUT2D eigenvalue weighted by molar-refractivity contribution is -0.223. The van der Waals surface area contributed by atoms with Gasteiger partial charge in [-0.3, -0.25) is 0 Å². The van der Waals surface area contributed by atoms with Gasteiger partial charge < -0.3 is 9.84 Å². The fourth-order valence-electron chi connectivity index (χ4n) is 3.74. The van der Waals surface area contributed by atoms with Crippen LogP contribution in [0.3, 0.4) is 0 Å². The van der Waals surface area contributed by atoms with E-state index in [1.54, 1.807) is 12.1 Å². The minimum atomic E-state index is -3.17. The average Bonchev–Trinajstić information content (AvgIpc) is 2.55. The topological polar surface area (TPSA) is 29.5 Å². The van der Waals surface area contributed by atoms with Crippen molar-refractivity contribution in [1.82, 2.24) is 0 Å². The predicted molar refractivity (Wildman–Crippen MR) is 97.6 cm³/mol. The number of ether oxygens (including phenoxy) is 1. The molecule has 2 rings (SSSR count). The highest BCUT2D eigenvalue weighted by Crippen LogP contribution is 2.43. The van der Waals surface area contributed by atoms with Crippen LogP contribution in [0.2, 0.25) is 0 Å². The van der Waals surface area contributed by atoms with Crippen molar-refractivity contribution in [2.45, 2.75) is 84.7 Å². The Morgan fingerprint density at radius 2 is 1.52 bits per heavy atom. The van der Waals surface area contributed by atoms with Crippen LogP contribution in [0.1, 0.15) is 89.7 Å². The Bertz CT molecular complexity index is 544. The van der Waals surface area contributed by atoms with Crippen molar-refractivity contribution in [3.63, 3.8) is 0 Å². The predicted octanol–water partition coefficient (Wildman–Crippen LogP) is 6.83. The first-order chi connectivity index (χ1) is 11.7. The number of hydrogen-bond donors (Lipinski definition) is 1. The van der Waals surface area contributed by atoms with Crippen LogP contribution in [0.25, 0.3) is 0 Å². The molecule has 1 N–H and O–H groups in total. The Hall–Kier alpha value is -1.32. The molecule has 0 radical (unpaired) electrons. The maximum absolute atomic E-state index is 14.7. The SMILES string of the molecule is CCC1CCC(C(F)(F)Oc2cc(C(C)C)c(O)c(C(C)C)c2)CC1. The molecule has 1 aromatic carbocycles. The fourth-order valence-corrected chi connectivity index (χ4v) is 3.74. The van der Waals surface area contributed by atoms with Crippen LogP contribution in [0, 0.1) is 11.8 Å². The van der Waals surface area contributed by atoms with Crippen LogP contribution in [0.15, 0.2) is 12.1 Å². The number of rotatable bonds is 6. The largest absolute Gasteiger partial charge is 0.507 e. The smallest absolute Gasteiger partial charge is 0.400 e. The van der Waals surface area contributed by atoms with Crippen LogP contribution in [0.4, 0.5) is 8.78 Å². The molecule has 1 aliphatic rings. The first-order valence-corrected chi connectivity index (χ1v) is 9.59. The van der Waals surface area contributed by atoms with Gasteiger partial charge in [-0.2, -0.15) is 8.78 Å². The summed E-state index contributed by atoms with van der Waals surface area (Å²) >= 11 is 0. The van der Waals surface area contributed by atoms with E-state index in [2.05, 4.69) is 6.92 Å². The van der Waals surface area contributed by atoms with Crippen molar-refractivity contribution in [3.8, 4) is 11.5 Å².